The van der Waals surface area contributed by atoms with E-state index in [4.69, 9.17) is 4.74 Å². The molecule has 1 saturated carbocycles. The van der Waals surface area contributed by atoms with E-state index in [2.05, 4.69) is 5.32 Å². The number of halogens is 2. The van der Waals surface area contributed by atoms with Crippen LogP contribution in [0.2, 0.25) is 0 Å². The highest BCUT2D eigenvalue weighted by Crippen LogP contribution is 2.34. The van der Waals surface area contributed by atoms with Gasteiger partial charge in [0.05, 0.1) is 12.7 Å². The summed E-state index contributed by atoms with van der Waals surface area (Å²) in [4.78, 5) is 0. The molecule has 19 heavy (non-hydrogen) atoms. The van der Waals surface area contributed by atoms with Crippen LogP contribution in [0.25, 0.3) is 0 Å². The topological polar surface area (TPSA) is 21.3 Å². The van der Waals surface area contributed by atoms with Crippen molar-refractivity contribution in [1.29, 1.82) is 0 Å². The smallest absolute Gasteiger partial charge is 0.164 e. The number of hydrogen-bond donors (Lipinski definition) is 1. The zero-order chi connectivity index (χ0) is 13.3. The average molecular weight is 267 g/mol. The van der Waals surface area contributed by atoms with Crippen molar-refractivity contribution in [3.63, 3.8) is 0 Å². The Morgan fingerprint density at radius 3 is 2.63 bits per heavy atom. The Bertz CT molecular complexity index is 447. The minimum Gasteiger partial charge on any atom is -0.370 e. The molecule has 0 bridgehead atoms. The Hall–Kier alpha value is -1.00. The molecular weight excluding hydrogens is 248 g/mol. The van der Waals surface area contributed by atoms with E-state index < -0.39 is 11.6 Å². The number of ether oxygens (including phenoxy) is 1. The molecule has 2 aliphatic rings. The molecule has 0 radical (unpaired) electrons. The van der Waals surface area contributed by atoms with Gasteiger partial charge in [-0.2, -0.15) is 0 Å². The highest BCUT2D eigenvalue weighted by atomic mass is 19.2. The van der Waals surface area contributed by atoms with Gasteiger partial charge in [0.15, 0.2) is 11.6 Å². The minimum atomic E-state index is -0.806. The van der Waals surface area contributed by atoms with E-state index in [1.165, 1.54) is 25.3 Å². The van der Waals surface area contributed by atoms with Crippen LogP contribution >= 0.6 is 0 Å². The van der Waals surface area contributed by atoms with E-state index >= 15 is 0 Å². The third-order valence-electron chi connectivity index (χ3n) is 4.36. The van der Waals surface area contributed by atoms with Crippen molar-refractivity contribution in [2.75, 3.05) is 13.2 Å². The monoisotopic (exact) mass is 267 g/mol. The molecule has 4 heteroatoms. The molecule has 104 valence electrons. The highest BCUT2D eigenvalue weighted by molar-refractivity contribution is 5.22. The normalized spacial score (nSPS) is 26.5. The van der Waals surface area contributed by atoms with Gasteiger partial charge >= 0.3 is 0 Å². The minimum absolute atomic E-state index is 0.0680. The maximum absolute atomic E-state index is 13.7. The Morgan fingerprint density at radius 2 is 1.95 bits per heavy atom. The zero-order valence-corrected chi connectivity index (χ0v) is 10.9. The SMILES string of the molecule is Fc1cccc(C2CNC3(CCCCC3)CO2)c1F. The number of nitrogens with one attached hydrogen (secondary N) is 1. The predicted octanol–water partition coefficient (Wildman–Crippen LogP) is 3.33. The van der Waals surface area contributed by atoms with E-state index in [9.17, 15) is 8.78 Å². The molecule has 1 aromatic carbocycles. The van der Waals surface area contributed by atoms with Crippen molar-refractivity contribution in [3.8, 4) is 0 Å². The lowest BCUT2D eigenvalue weighted by atomic mass is 9.81. The van der Waals surface area contributed by atoms with Gasteiger partial charge in [0.1, 0.15) is 0 Å². The van der Waals surface area contributed by atoms with Crippen molar-refractivity contribution in [1.82, 2.24) is 5.32 Å². The quantitative estimate of drug-likeness (QED) is 0.842. The largest absolute Gasteiger partial charge is 0.370 e. The van der Waals surface area contributed by atoms with Gasteiger partial charge in [-0.25, -0.2) is 8.78 Å². The molecule has 3 rings (SSSR count). The van der Waals surface area contributed by atoms with Crippen LogP contribution < -0.4 is 5.32 Å². The molecule has 1 aromatic rings. The lowest BCUT2D eigenvalue weighted by Gasteiger charge is -2.43. The molecule has 1 spiro atoms. The van der Waals surface area contributed by atoms with E-state index in [0.717, 1.165) is 18.9 Å². The first-order valence-corrected chi connectivity index (χ1v) is 7.01. The average Bonchev–Trinajstić information content (AvgIpc) is 2.44. The van der Waals surface area contributed by atoms with Crippen LogP contribution in [-0.2, 0) is 4.74 Å². The van der Waals surface area contributed by atoms with Crippen molar-refractivity contribution >= 4 is 0 Å². The summed E-state index contributed by atoms with van der Waals surface area (Å²) in [5.74, 6) is -1.59. The number of benzene rings is 1. The summed E-state index contributed by atoms with van der Waals surface area (Å²) in [6, 6.07) is 4.27. The number of morpholine rings is 1. The van der Waals surface area contributed by atoms with E-state index in [1.54, 1.807) is 6.07 Å². The van der Waals surface area contributed by atoms with Crippen LogP contribution in [0.5, 0.6) is 0 Å². The molecule has 1 unspecified atom stereocenters. The maximum atomic E-state index is 13.7. The van der Waals surface area contributed by atoms with Gasteiger partial charge in [0.25, 0.3) is 0 Å². The second-order valence-corrected chi connectivity index (χ2v) is 5.66. The molecule has 2 nitrogen and oxygen atoms in total. The molecule has 1 heterocycles. The fraction of sp³-hybridized carbons (Fsp3) is 0.600. The molecule has 1 saturated heterocycles. The predicted molar refractivity (Wildman–Crippen MR) is 68.9 cm³/mol. The summed E-state index contributed by atoms with van der Waals surface area (Å²) < 4.78 is 32.8. The molecule has 1 atom stereocenters. The molecule has 0 amide bonds. The van der Waals surface area contributed by atoms with Crippen LogP contribution in [0.3, 0.4) is 0 Å². The molecule has 1 N–H and O–H groups in total. The first-order chi connectivity index (χ1) is 9.20. The fourth-order valence-corrected chi connectivity index (χ4v) is 3.20. The Balaban J connectivity index is 1.71. The summed E-state index contributed by atoms with van der Waals surface area (Å²) in [5, 5.41) is 3.52. The van der Waals surface area contributed by atoms with Crippen molar-refractivity contribution in [2.45, 2.75) is 43.7 Å². The number of hydrogen-bond acceptors (Lipinski definition) is 2. The van der Waals surface area contributed by atoms with Crippen LogP contribution in [0.1, 0.15) is 43.8 Å². The second kappa shape index (κ2) is 5.17. The lowest BCUT2D eigenvalue weighted by molar-refractivity contribution is -0.0481. The summed E-state index contributed by atoms with van der Waals surface area (Å²) in [6.45, 7) is 1.15. The van der Waals surface area contributed by atoms with E-state index in [-0.39, 0.29) is 11.6 Å². The Kier molecular flexibility index (Phi) is 3.54. The van der Waals surface area contributed by atoms with E-state index in [1.807, 2.05) is 0 Å². The van der Waals surface area contributed by atoms with Crippen LogP contribution in [0.15, 0.2) is 18.2 Å². The van der Waals surface area contributed by atoms with Gasteiger partial charge in [-0.05, 0) is 18.9 Å². The summed E-state index contributed by atoms with van der Waals surface area (Å²) >= 11 is 0. The van der Waals surface area contributed by atoms with Gasteiger partial charge in [-0.3, -0.25) is 0 Å². The van der Waals surface area contributed by atoms with Gasteiger partial charge in [0.2, 0.25) is 0 Å². The standard InChI is InChI=1S/C15H19F2NO/c16-12-6-4-5-11(14(12)17)13-9-18-15(10-19-13)7-2-1-3-8-15/h4-6,13,18H,1-3,7-10H2. The lowest BCUT2D eigenvalue weighted by Crippen LogP contribution is -2.55. The van der Waals surface area contributed by atoms with Crippen molar-refractivity contribution in [2.24, 2.45) is 0 Å². The fourth-order valence-electron chi connectivity index (χ4n) is 3.20. The summed E-state index contributed by atoms with van der Waals surface area (Å²) in [7, 11) is 0. The summed E-state index contributed by atoms with van der Waals surface area (Å²) in [5.41, 5.74) is 0.386. The van der Waals surface area contributed by atoms with Gasteiger partial charge in [-0.15, -0.1) is 0 Å². The maximum Gasteiger partial charge on any atom is 0.164 e. The van der Waals surface area contributed by atoms with Gasteiger partial charge in [-0.1, -0.05) is 31.4 Å². The Labute approximate surface area is 112 Å². The first-order valence-electron chi connectivity index (χ1n) is 7.01. The van der Waals surface area contributed by atoms with Gasteiger partial charge in [0, 0.05) is 17.6 Å². The molecular formula is C15H19F2NO. The first kappa shape index (κ1) is 13.0. The zero-order valence-electron chi connectivity index (χ0n) is 10.9. The van der Waals surface area contributed by atoms with Crippen LogP contribution in [-0.4, -0.2) is 18.7 Å². The summed E-state index contributed by atoms with van der Waals surface area (Å²) in [6.07, 6.45) is 5.57. The second-order valence-electron chi connectivity index (χ2n) is 5.66. The Morgan fingerprint density at radius 1 is 1.16 bits per heavy atom. The molecule has 0 aromatic heterocycles. The molecule has 1 aliphatic carbocycles. The number of rotatable bonds is 1. The van der Waals surface area contributed by atoms with E-state index in [0.29, 0.717) is 18.7 Å². The van der Waals surface area contributed by atoms with Crippen LogP contribution in [0, 0.1) is 11.6 Å². The van der Waals surface area contributed by atoms with Crippen molar-refractivity contribution in [3.05, 3.63) is 35.4 Å². The van der Waals surface area contributed by atoms with Crippen LogP contribution in [0.4, 0.5) is 8.78 Å². The molecule has 1 aliphatic heterocycles. The van der Waals surface area contributed by atoms with Gasteiger partial charge < -0.3 is 10.1 Å². The third kappa shape index (κ3) is 2.51. The van der Waals surface area contributed by atoms with Crippen molar-refractivity contribution < 1.29 is 13.5 Å². The highest BCUT2D eigenvalue weighted by Gasteiger charge is 2.37. The third-order valence-corrected chi connectivity index (χ3v) is 4.36. The molecule has 2 fully saturated rings.